The molecule has 57 heavy (non-hydrogen) atoms. The second-order valence-corrected chi connectivity index (χ2v) is 17.1. The molecule has 9 aromatic rings. The summed E-state index contributed by atoms with van der Waals surface area (Å²) in [6.07, 6.45) is 0. The molecule has 0 amide bonds. The highest BCUT2D eigenvalue weighted by molar-refractivity contribution is 6.10. The van der Waals surface area contributed by atoms with Crippen molar-refractivity contribution in [3.8, 4) is 61.8 Å². The molecular weight excluding hydrogens is 691 g/mol. The summed E-state index contributed by atoms with van der Waals surface area (Å²) in [5.74, 6) is 0.695. The Morgan fingerprint density at radius 1 is 0.386 bits per heavy atom. The Bertz CT molecular complexity index is 2690. The molecule has 2 aromatic heterocycles. The van der Waals surface area contributed by atoms with Gasteiger partial charge in [0.25, 0.3) is 0 Å². The number of hydrogen-bond acceptors (Lipinski definition) is 2. The van der Waals surface area contributed by atoms with E-state index in [2.05, 4.69) is 198 Å². The van der Waals surface area contributed by atoms with Gasteiger partial charge in [0.05, 0.1) is 22.4 Å². The highest BCUT2D eigenvalue weighted by Crippen LogP contribution is 2.45. The van der Waals surface area contributed by atoms with Gasteiger partial charge in [-0.15, -0.1) is 0 Å². The molecule has 3 nitrogen and oxygen atoms in total. The van der Waals surface area contributed by atoms with E-state index in [1.807, 2.05) is 24.3 Å². The SMILES string of the molecule is CC(C)(C)c1ccc2c(c1)c1cc(C(C)(C)C)ccc1n2-c1cc(-c2ccccc2)c(-c2cc(-c3ccccc3)nc(-c3ccccc3)n2)c(-c2ccccc2)c1. The monoisotopic (exact) mass is 737 g/mol. The van der Waals surface area contributed by atoms with E-state index in [-0.39, 0.29) is 10.8 Å². The molecule has 0 fully saturated rings. The second kappa shape index (κ2) is 14.2. The van der Waals surface area contributed by atoms with Crippen molar-refractivity contribution in [2.45, 2.75) is 52.4 Å². The van der Waals surface area contributed by atoms with Crippen LogP contribution in [-0.2, 0) is 10.8 Å². The smallest absolute Gasteiger partial charge is 0.160 e. The number of aromatic nitrogens is 3. The first kappa shape index (κ1) is 36.1. The third kappa shape index (κ3) is 6.84. The van der Waals surface area contributed by atoms with Crippen LogP contribution in [0.15, 0.2) is 176 Å². The Labute approximate surface area is 336 Å². The third-order valence-electron chi connectivity index (χ3n) is 11.1. The van der Waals surface area contributed by atoms with E-state index in [1.165, 1.54) is 32.9 Å². The zero-order valence-electron chi connectivity index (χ0n) is 33.6. The third-order valence-corrected chi connectivity index (χ3v) is 11.1. The van der Waals surface area contributed by atoms with Gasteiger partial charge in [0.2, 0.25) is 0 Å². The number of hydrogen-bond donors (Lipinski definition) is 0. The fourth-order valence-electron chi connectivity index (χ4n) is 8.01. The Morgan fingerprint density at radius 3 is 1.23 bits per heavy atom. The Kier molecular flexibility index (Phi) is 8.97. The van der Waals surface area contributed by atoms with Gasteiger partial charge in [-0.2, -0.15) is 0 Å². The predicted octanol–water partition coefficient (Wildman–Crippen LogP) is 14.5. The van der Waals surface area contributed by atoms with E-state index >= 15 is 0 Å². The molecule has 0 unspecified atom stereocenters. The highest BCUT2D eigenvalue weighted by atomic mass is 15.0. The second-order valence-electron chi connectivity index (χ2n) is 17.1. The summed E-state index contributed by atoms with van der Waals surface area (Å²) >= 11 is 0. The van der Waals surface area contributed by atoms with Crippen LogP contribution in [-0.4, -0.2) is 14.5 Å². The van der Waals surface area contributed by atoms with Crippen LogP contribution >= 0.6 is 0 Å². The fraction of sp³-hybridized carbons (Fsp3) is 0.148. The summed E-state index contributed by atoms with van der Waals surface area (Å²) in [6, 6.07) is 63.3. The van der Waals surface area contributed by atoms with Crippen molar-refractivity contribution in [3.05, 3.63) is 187 Å². The van der Waals surface area contributed by atoms with Crippen molar-refractivity contribution in [2.75, 3.05) is 0 Å². The summed E-state index contributed by atoms with van der Waals surface area (Å²) in [5, 5.41) is 2.54. The summed E-state index contributed by atoms with van der Waals surface area (Å²) in [6.45, 7) is 13.8. The normalized spacial score (nSPS) is 12.0. The highest BCUT2D eigenvalue weighted by Gasteiger charge is 2.24. The minimum absolute atomic E-state index is 0.0155. The molecule has 0 aliphatic carbocycles. The molecule has 0 radical (unpaired) electrons. The van der Waals surface area contributed by atoms with E-state index in [0.717, 1.165) is 56.0 Å². The zero-order valence-corrected chi connectivity index (χ0v) is 33.6. The Balaban J connectivity index is 1.40. The lowest BCUT2D eigenvalue weighted by Crippen LogP contribution is -2.10. The van der Waals surface area contributed by atoms with Crippen LogP contribution in [0.1, 0.15) is 52.7 Å². The lowest BCUT2D eigenvalue weighted by Gasteiger charge is -2.21. The quantitative estimate of drug-likeness (QED) is 0.170. The first-order valence-electron chi connectivity index (χ1n) is 19.9. The molecule has 0 atom stereocenters. The molecule has 0 saturated carbocycles. The zero-order chi connectivity index (χ0) is 39.3. The van der Waals surface area contributed by atoms with Gasteiger partial charge in [0.15, 0.2) is 5.82 Å². The van der Waals surface area contributed by atoms with Gasteiger partial charge < -0.3 is 4.57 Å². The van der Waals surface area contributed by atoms with Crippen molar-refractivity contribution < 1.29 is 0 Å². The maximum Gasteiger partial charge on any atom is 0.160 e. The summed E-state index contributed by atoms with van der Waals surface area (Å²) < 4.78 is 2.47. The number of benzene rings is 7. The van der Waals surface area contributed by atoms with Crippen LogP contribution in [0.2, 0.25) is 0 Å². The van der Waals surface area contributed by atoms with Crippen molar-refractivity contribution in [1.82, 2.24) is 14.5 Å². The lowest BCUT2D eigenvalue weighted by molar-refractivity contribution is 0.590. The molecule has 0 saturated heterocycles. The maximum absolute atomic E-state index is 5.41. The number of fused-ring (bicyclic) bond motifs is 3. The first-order chi connectivity index (χ1) is 27.5. The average Bonchev–Trinajstić information content (AvgIpc) is 3.57. The molecule has 0 spiro atoms. The van der Waals surface area contributed by atoms with Gasteiger partial charge in [-0.3, -0.25) is 0 Å². The molecule has 9 rings (SSSR count). The maximum atomic E-state index is 5.41. The van der Waals surface area contributed by atoms with Crippen molar-refractivity contribution in [3.63, 3.8) is 0 Å². The molecule has 3 heteroatoms. The minimum Gasteiger partial charge on any atom is -0.309 e. The first-order valence-corrected chi connectivity index (χ1v) is 19.9. The van der Waals surface area contributed by atoms with Crippen LogP contribution in [0.4, 0.5) is 0 Å². The fourth-order valence-corrected chi connectivity index (χ4v) is 8.01. The minimum atomic E-state index is 0.0155. The van der Waals surface area contributed by atoms with Crippen molar-refractivity contribution in [2.24, 2.45) is 0 Å². The lowest BCUT2D eigenvalue weighted by atomic mass is 9.85. The Morgan fingerprint density at radius 2 is 0.789 bits per heavy atom. The van der Waals surface area contributed by atoms with Gasteiger partial charge in [-0.1, -0.05) is 175 Å². The summed E-state index contributed by atoms with van der Waals surface area (Å²) in [4.78, 5) is 10.6. The van der Waals surface area contributed by atoms with E-state index < -0.39 is 0 Å². The molecule has 0 N–H and O–H groups in total. The molecule has 278 valence electrons. The number of rotatable bonds is 6. The molecule has 7 aromatic carbocycles. The van der Waals surface area contributed by atoms with Crippen molar-refractivity contribution in [1.29, 1.82) is 0 Å². The van der Waals surface area contributed by atoms with Crippen LogP contribution < -0.4 is 0 Å². The molecular formula is C54H47N3. The molecule has 0 bridgehead atoms. The van der Waals surface area contributed by atoms with Gasteiger partial charge in [0.1, 0.15) is 0 Å². The van der Waals surface area contributed by atoms with Crippen LogP contribution in [0.25, 0.3) is 83.6 Å². The van der Waals surface area contributed by atoms with Gasteiger partial charge in [0, 0.05) is 33.2 Å². The van der Waals surface area contributed by atoms with Crippen molar-refractivity contribution >= 4 is 21.8 Å². The van der Waals surface area contributed by atoms with E-state index in [0.29, 0.717) is 5.82 Å². The van der Waals surface area contributed by atoms with Crippen LogP contribution in [0.3, 0.4) is 0 Å². The van der Waals surface area contributed by atoms with Gasteiger partial charge in [-0.25, -0.2) is 9.97 Å². The molecule has 2 heterocycles. The number of nitrogens with zero attached hydrogens (tertiary/aromatic N) is 3. The Hall–Kier alpha value is -6.58. The topological polar surface area (TPSA) is 30.7 Å². The van der Waals surface area contributed by atoms with Crippen LogP contribution in [0, 0.1) is 0 Å². The largest absolute Gasteiger partial charge is 0.309 e. The van der Waals surface area contributed by atoms with E-state index in [1.54, 1.807) is 0 Å². The summed E-state index contributed by atoms with van der Waals surface area (Å²) in [5.41, 5.74) is 15.5. The van der Waals surface area contributed by atoms with Gasteiger partial charge in [-0.05, 0) is 86.7 Å². The predicted molar refractivity (Wildman–Crippen MR) is 241 cm³/mol. The van der Waals surface area contributed by atoms with E-state index in [9.17, 15) is 0 Å². The van der Waals surface area contributed by atoms with E-state index in [4.69, 9.17) is 9.97 Å². The average molecular weight is 738 g/mol. The van der Waals surface area contributed by atoms with Crippen LogP contribution in [0.5, 0.6) is 0 Å². The molecule has 0 aliphatic rings. The van der Waals surface area contributed by atoms with Gasteiger partial charge >= 0.3 is 0 Å². The standard InChI is InChI=1S/C54H47N3/c1-53(2,3)40-27-29-49-45(31-40)46-32-41(54(4,5)6)28-30-50(46)57(49)42-33-43(36-19-11-7-12-20-36)51(44(34-42)37-21-13-8-14-22-37)48-35-47(38-23-15-9-16-24-38)55-52(56-48)39-25-17-10-18-26-39/h7-35H,1-6H3. The summed E-state index contributed by atoms with van der Waals surface area (Å²) in [7, 11) is 0. The molecule has 0 aliphatic heterocycles.